The zero-order chi connectivity index (χ0) is 13.1. The van der Waals surface area contributed by atoms with Gasteiger partial charge in [-0.05, 0) is 24.6 Å². The summed E-state index contributed by atoms with van der Waals surface area (Å²) in [5, 5.41) is 11.7. The van der Waals surface area contributed by atoms with Gasteiger partial charge in [0.2, 0.25) is 0 Å². The van der Waals surface area contributed by atoms with E-state index in [4.69, 9.17) is 5.11 Å². The maximum Gasteiger partial charge on any atom is 0.277 e. The predicted octanol–water partition coefficient (Wildman–Crippen LogP) is 0.652. The lowest BCUT2D eigenvalue weighted by atomic mass is 10.2. The quantitative estimate of drug-likeness (QED) is 0.765. The van der Waals surface area contributed by atoms with Crippen molar-refractivity contribution in [3.8, 4) is 0 Å². The number of aliphatic hydroxyl groups excluding tert-OH is 1. The maximum atomic E-state index is 11.9. The zero-order valence-corrected chi connectivity index (χ0v) is 10.0. The molecule has 0 saturated heterocycles. The molecule has 0 unspecified atom stereocenters. The molecule has 1 aliphatic rings. The fourth-order valence-corrected chi connectivity index (χ4v) is 1.79. The molecule has 0 bridgehead atoms. The second-order valence-corrected chi connectivity index (χ2v) is 4.07. The molecule has 2 amide bonds. The summed E-state index contributed by atoms with van der Waals surface area (Å²) in [7, 11) is 0. The minimum absolute atomic E-state index is 0.0210. The van der Waals surface area contributed by atoms with Gasteiger partial charge in [0.1, 0.15) is 5.70 Å². The number of nitrogens with zero attached hydrogens (tertiary/aromatic N) is 1. The first-order valence-electron chi connectivity index (χ1n) is 5.64. The van der Waals surface area contributed by atoms with Crippen LogP contribution >= 0.6 is 0 Å². The van der Waals surface area contributed by atoms with Crippen molar-refractivity contribution in [2.75, 3.05) is 18.5 Å². The second kappa shape index (κ2) is 5.01. The van der Waals surface area contributed by atoms with Crippen molar-refractivity contribution in [3.05, 3.63) is 41.6 Å². The summed E-state index contributed by atoms with van der Waals surface area (Å²) >= 11 is 0. The molecule has 2 N–H and O–H groups in total. The normalized spacial score (nSPS) is 15.0. The third-order valence-electron chi connectivity index (χ3n) is 2.63. The molecule has 0 atom stereocenters. The molecule has 5 heteroatoms. The van der Waals surface area contributed by atoms with Crippen LogP contribution in [0.3, 0.4) is 0 Å². The number of imide groups is 1. The predicted molar refractivity (Wildman–Crippen MR) is 66.7 cm³/mol. The van der Waals surface area contributed by atoms with Crippen molar-refractivity contribution in [1.29, 1.82) is 0 Å². The highest BCUT2D eigenvalue weighted by Crippen LogP contribution is 2.17. The van der Waals surface area contributed by atoms with E-state index < -0.39 is 11.8 Å². The molecule has 18 heavy (non-hydrogen) atoms. The number of carbonyl (C=O) groups is 2. The molecule has 1 aliphatic heterocycles. The average molecular weight is 246 g/mol. The molecule has 2 rings (SSSR count). The topological polar surface area (TPSA) is 69.6 Å². The van der Waals surface area contributed by atoms with E-state index in [9.17, 15) is 9.59 Å². The number of rotatable bonds is 4. The van der Waals surface area contributed by atoms with Crippen LogP contribution in [0.15, 0.2) is 36.0 Å². The van der Waals surface area contributed by atoms with Gasteiger partial charge < -0.3 is 10.4 Å². The Kier molecular flexibility index (Phi) is 3.43. The highest BCUT2D eigenvalue weighted by atomic mass is 16.3. The molecule has 1 heterocycles. The number of hydrogen-bond donors (Lipinski definition) is 2. The van der Waals surface area contributed by atoms with E-state index >= 15 is 0 Å². The van der Waals surface area contributed by atoms with Crippen molar-refractivity contribution < 1.29 is 14.7 Å². The summed E-state index contributed by atoms with van der Waals surface area (Å²) in [6, 6.07) is 7.51. The molecule has 1 aromatic carbocycles. The maximum absolute atomic E-state index is 11.9. The number of amides is 2. The van der Waals surface area contributed by atoms with Crippen LogP contribution in [0.2, 0.25) is 0 Å². The molecule has 0 fully saturated rings. The van der Waals surface area contributed by atoms with E-state index in [0.29, 0.717) is 0 Å². The zero-order valence-electron chi connectivity index (χ0n) is 10.0. The molecular formula is C13H14N2O3. The average Bonchev–Trinajstić information content (AvgIpc) is 2.57. The van der Waals surface area contributed by atoms with Gasteiger partial charge in [-0.25, -0.2) is 0 Å². The van der Waals surface area contributed by atoms with Crippen LogP contribution in [0.25, 0.3) is 0 Å². The molecule has 0 aromatic heterocycles. The lowest BCUT2D eigenvalue weighted by molar-refractivity contribution is -0.137. The number of aliphatic hydroxyl groups is 1. The van der Waals surface area contributed by atoms with Crippen LogP contribution in [0.4, 0.5) is 5.69 Å². The van der Waals surface area contributed by atoms with Gasteiger partial charge in [-0.3, -0.25) is 14.5 Å². The summed E-state index contributed by atoms with van der Waals surface area (Å²) in [4.78, 5) is 24.4. The first-order chi connectivity index (χ1) is 8.61. The molecule has 5 nitrogen and oxygen atoms in total. The van der Waals surface area contributed by atoms with Gasteiger partial charge >= 0.3 is 0 Å². The standard InChI is InChI=1S/C13H14N2O3/c1-9-3-2-4-10(7-9)14-11-8-12(17)15(5-6-16)13(11)18/h2-4,7-8,14,16H,5-6H2,1H3. The second-order valence-electron chi connectivity index (χ2n) is 4.07. The molecule has 1 aromatic rings. The number of aryl methyl sites for hydroxylation is 1. The Balaban J connectivity index is 2.14. The largest absolute Gasteiger partial charge is 0.395 e. The van der Waals surface area contributed by atoms with E-state index in [0.717, 1.165) is 16.2 Å². The Labute approximate surface area is 105 Å². The Morgan fingerprint density at radius 2 is 2.11 bits per heavy atom. The highest BCUT2D eigenvalue weighted by Gasteiger charge is 2.30. The van der Waals surface area contributed by atoms with Crippen LogP contribution in [0.1, 0.15) is 5.56 Å². The third-order valence-corrected chi connectivity index (χ3v) is 2.63. The first-order valence-corrected chi connectivity index (χ1v) is 5.64. The highest BCUT2D eigenvalue weighted by molar-refractivity contribution is 6.17. The Hall–Kier alpha value is -2.14. The number of β-amino-alcohol motifs (C(OH)–C–C–N with tert-alkyl or cyclic N) is 1. The van der Waals surface area contributed by atoms with Crippen LogP contribution in [0.5, 0.6) is 0 Å². The lowest BCUT2D eigenvalue weighted by Crippen LogP contribution is -2.34. The molecule has 0 aliphatic carbocycles. The monoisotopic (exact) mass is 246 g/mol. The molecule has 94 valence electrons. The van der Waals surface area contributed by atoms with Crippen LogP contribution in [-0.2, 0) is 9.59 Å². The number of anilines is 1. The van der Waals surface area contributed by atoms with Crippen molar-refractivity contribution in [1.82, 2.24) is 4.90 Å². The van der Waals surface area contributed by atoms with Crippen molar-refractivity contribution in [2.24, 2.45) is 0 Å². The van der Waals surface area contributed by atoms with Gasteiger partial charge in [-0.2, -0.15) is 0 Å². The van der Waals surface area contributed by atoms with Crippen molar-refractivity contribution in [2.45, 2.75) is 6.92 Å². The van der Waals surface area contributed by atoms with Crippen LogP contribution in [-0.4, -0.2) is 35.0 Å². The van der Waals surface area contributed by atoms with Crippen LogP contribution in [0, 0.1) is 6.92 Å². The minimum Gasteiger partial charge on any atom is -0.395 e. The van der Waals surface area contributed by atoms with Crippen molar-refractivity contribution in [3.63, 3.8) is 0 Å². The molecule has 0 saturated carbocycles. The lowest BCUT2D eigenvalue weighted by Gasteiger charge is -2.13. The fourth-order valence-electron chi connectivity index (χ4n) is 1.79. The van der Waals surface area contributed by atoms with E-state index in [2.05, 4.69) is 5.32 Å². The van der Waals surface area contributed by atoms with Gasteiger partial charge in [0, 0.05) is 11.8 Å². The Morgan fingerprint density at radius 1 is 1.33 bits per heavy atom. The Bertz CT molecular complexity index is 523. The first kappa shape index (κ1) is 12.3. The summed E-state index contributed by atoms with van der Waals surface area (Å²) in [5.41, 5.74) is 2.05. The number of carbonyl (C=O) groups excluding carboxylic acids is 2. The smallest absolute Gasteiger partial charge is 0.277 e. The Morgan fingerprint density at radius 3 is 2.78 bits per heavy atom. The number of benzene rings is 1. The van der Waals surface area contributed by atoms with Gasteiger partial charge in [-0.1, -0.05) is 12.1 Å². The molecule has 0 radical (unpaired) electrons. The number of hydrogen-bond acceptors (Lipinski definition) is 4. The third kappa shape index (κ3) is 2.41. The summed E-state index contributed by atoms with van der Waals surface area (Å²) in [6.07, 6.45) is 1.25. The summed E-state index contributed by atoms with van der Waals surface area (Å²) in [6.45, 7) is 1.73. The van der Waals surface area contributed by atoms with Gasteiger partial charge in [0.05, 0.1) is 13.2 Å². The molecule has 0 spiro atoms. The van der Waals surface area contributed by atoms with E-state index in [1.807, 2.05) is 31.2 Å². The fraction of sp³-hybridized carbons (Fsp3) is 0.231. The van der Waals surface area contributed by atoms with Crippen LogP contribution < -0.4 is 5.32 Å². The van der Waals surface area contributed by atoms with E-state index in [1.54, 1.807) is 0 Å². The van der Waals surface area contributed by atoms with Gasteiger partial charge in [0.25, 0.3) is 11.8 Å². The van der Waals surface area contributed by atoms with Crippen molar-refractivity contribution >= 4 is 17.5 Å². The van der Waals surface area contributed by atoms with Gasteiger partial charge in [0.15, 0.2) is 0 Å². The minimum atomic E-state index is -0.407. The SMILES string of the molecule is Cc1cccc(NC2=CC(=O)N(CCO)C2=O)c1. The summed E-state index contributed by atoms with van der Waals surface area (Å²) in [5.74, 6) is -0.806. The molecular weight excluding hydrogens is 232 g/mol. The van der Waals surface area contributed by atoms with E-state index in [-0.39, 0.29) is 18.8 Å². The van der Waals surface area contributed by atoms with E-state index in [1.165, 1.54) is 6.08 Å². The number of nitrogens with one attached hydrogen (secondary N) is 1. The van der Waals surface area contributed by atoms with Gasteiger partial charge in [-0.15, -0.1) is 0 Å². The summed E-state index contributed by atoms with van der Waals surface area (Å²) < 4.78 is 0.